The molecule has 3 N–H and O–H groups in total. The number of rotatable bonds is 5. The molecule has 5 nitrogen and oxygen atoms in total. The lowest BCUT2D eigenvalue weighted by molar-refractivity contribution is -0.132. The van der Waals surface area contributed by atoms with E-state index in [0.717, 1.165) is 36.3 Å². The number of halogens is 2. The second-order valence-electron chi connectivity index (χ2n) is 6.68. The summed E-state index contributed by atoms with van der Waals surface area (Å²) in [6, 6.07) is 7.91. The Morgan fingerprint density at radius 1 is 1.32 bits per heavy atom. The smallest absolute Gasteiger partial charge is 0.249 e. The van der Waals surface area contributed by atoms with E-state index >= 15 is 0 Å². The van der Waals surface area contributed by atoms with Gasteiger partial charge in [0.25, 0.3) is 0 Å². The Kier molecular flexibility index (Phi) is 7.52. The first-order chi connectivity index (χ1) is 11.6. The fraction of sp³-hybridized carbons (Fsp3) is 0.611. The van der Waals surface area contributed by atoms with Gasteiger partial charge < -0.3 is 20.5 Å². The Bertz CT molecular complexity index is 579. The molecule has 0 aliphatic carbocycles. The number of hydrogen-bond donors (Lipinski definition) is 2. The Hall–Kier alpha value is -0.850. The molecule has 2 fully saturated rings. The van der Waals surface area contributed by atoms with Gasteiger partial charge in [-0.05, 0) is 43.4 Å². The van der Waals surface area contributed by atoms with E-state index in [2.05, 4.69) is 11.4 Å². The first-order valence-electron chi connectivity index (χ1n) is 8.60. The molecule has 2 aliphatic heterocycles. The molecule has 7 heteroatoms. The monoisotopic (exact) mass is 388 g/mol. The standard InChI is InChI=1S/C18H25ClN2O3.ClH/c19-14-3-1-2-13(10-14)18(6-8-23-9-7-18)12-21-17(22)16-5-4-15(11-20)24-16;/h1-3,10,15-16H,4-9,11-12,20H2,(H,21,22);1H/t15-,16+;/m1./s1. The zero-order valence-electron chi connectivity index (χ0n) is 14.2. The summed E-state index contributed by atoms with van der Waals surface area (Å²) in [7, 11) is 0. The van der Waals surface area contributed by atoms with Crippen molar-refractivity contribution in [1.82, 2.24) is 5.32 Å². The average molecular weight is 389 g/mol. The summed E-state index contributed by atoms with van der Waals surface area (Å²) in [5.74, 6) is -0.0427. The van der Waals surface area contributed by atoms with Crippen molar-refractivity contribution >= 4 is 29.9 Å². The van der Waals surface area contributed by atoms with E-state index in [1.807, 2.05) is 18.2 Å². The number of nitrogens with two attached hydrogens (primary N) is 1. The SMILES string of the molecule is Cl.NC[C@H]1CC[C@@H](C(=O)NCC2(c3cccc(Cl)c3)CCOCC2)O1. The normalized spacial score (nSPS) is 25.2. The van der Waals surface area contributed by atoms with Gasteiger partial charge in [-0.2, -0.15) is 0 Å². The fourth-order valence-corrected chi connectivity index (χ4v) is 3.78. The van der Waals surface area contributed by atoms with E-state index in [1.165, 1.54) is 0 Å². The minimum atomic E-state index is -0.380. The van der Waals surface area contributed by atoms with Crippen LogP contribution in [-0.4, -0.2) is 44.4 Å². The van der Waals surface area contributed by atoms with Crippen LogP contribution in [0.2, 0.25) is 5.02 Å². The van der Waals surface area contributed by atoms with Gasteiger partial charge in [0, 0.05) is 36.7 Å². The van der Waals surface area contributed by atoms with Crippen LogP contribution in [0.3, 0.4) is 0 Å². The van der Waals surface area contributed by atoms with Crippen molar-refractivity contribution in [2.45, 2.75) is 43.3 Å². The Labute approximate surface area is 160 Å². The lowest BCUT2D eigenvalue weighted by Crippen LogP contribution is -2.47. The van der Waals surface area contributed by atoms with Crippen LogP contribution in [0.1, 0.15) is 31.2 Å². The van der Waals surface area contributed by atoms with Crippen LogP contribution >= 0.6 is 24.0 Å². The molecule has 1 aromatic rings. The van der Waals surface area contributed by atoms with Gasteiger partial charge in [-0.1, -0.05) is 23.7 Å². The van der Waals surface area contributed by atoms with Gasteiger partial charge >= 0.3 is 0 Å². The van der Waals surface area contributed by atoms with E-state index in [4.69, 9.17) is 26.8 Å². The number of carbonyl (C=O) groups excluding carboxylic acids is 1. The molecular formula is C18H26Cl2N2O3. The second kappa shape index (κ2) is 9.19. The van der Waals surface area contributed by atoms with Gasteiger partial charge in [0.05, 0.1) is 6.10 Å². The number of benzene rings is 1. The highest BCUT2D eigenvalue weighted by atomic mass is 35.5. The fourth-order valence-electron chi connectivity index (χ4n) is 3.59. The summed E-state index contributed by atoms with van der Waals surface area (Å²) in [6.07, 6.45) is 2.94. The summed E-state index contributed by atoms with van der Waals surface area (Å²) in [6.45, 7) is 2.42. The topological polar surface area (TPSA) is 73.6 Å². The number of carbonyl (C=O) groups is 1. The molecule has 0 bridgehead atoms. The maximum absolute atomic E-state index is 12.5. The van der Waals surface area contributed by atoms with Crippen LogP contribution in [0.4, 0.5) is 0 Å². The molecule has 2 heterocycles. The minimum absolute atomic E-state index is 0. The summed E-state index contributed by atoms with van der Waals surface area (Å²) < 4.78 is 11.2. The summed E-state index contributed by atoms with van der Waals surface area (Å²) >= 11 is 6.17. The molecule has 1 amide bonds. The van der Waals surface area contributed by atoms with Gasteiger partial charge in [0.15, 0.2) is 0 Å². The molecule has 3 rings (SSSR count). The highest BCUT2D eigenvalue weighted by molar-refractivity contribution is 6.30. The molecule has 0 spiro atoms. The maximum Gasteiger partial charge on any atom is 0.249 e. The zero-order valence-corrected chi connectivity index (χ0v) is 15.8. The van der Waals surface area contributed by atoms with Crippen LogP contribution < -0.4 is 11.1 Å². The van der Waals surface area contributed by atoms with Crippen LogP contribution in [0.5, 0.6) is 0 Å². The molecule has 1 aromatic carbocycles. The van der Waals surface area contributed by atoms with E-state index in [-0.39, 0.29) is 35.9 Å². The molecule has 2 aliphatic rings. The van der Waals surface area contributed by atoms with Crippen LogP contribution in [0.25, 0.3) is 0 Å². The quantitative estimate of drug-likeness (QED) is 0.812. The first-order valence-corrected chi connectivity index (χ1v) is 8.98. The largest absolute Gasteiger partial charge is 0.381 e. The average Bonchev–Trinajstić information content (AvgIpc) is 3.10. The van der Waals surface area contributed by atoms with Gasteiger partial charge in [0.1, 0.15) is 6.10 Å². The lowest BCUT2D eigenvalue weighted by Gasteiger charge is -2.38. The van der Waals surface area contributed by atoms with Crippen molar-refractivity contribution in [3.05, 3.63) is 34.9 Å². The third-order valence-electron chi connectivity index (χ3n) is 5.15. The molecule has 0 unspecified atom stereocenters. The van der Waals surface area contributed by atoms with E-state index in [1.54, 1.807) is 0 Å². The molecular weight excluding hydrogens is 363 g/mol. The van der Waals surface area contributed by atoms with Crippen LogP contribution in [0, 0.1) is 0 Å². The minimum Gasteiger partial charge on any atom is -0.381 e. The summed E-state index contributed by atoms with van der Waals surface area (Å²) in [5, 5.41) is 3.81. The van der Waals surface area contributed by atoms with Gasteiger partial charge in [0.2, 0.25) is 5.91 Å². The molecule has 0 radical (unpaired) electrons. The Morgan fingerprint density at radius 3 is 2.72 bits per heavy atom. The number of hydrogen-bond acceptors (Lipinski definition) is 4. The second-order valence-corrected chi connectivity index (χ2v) is 7.12. The molecule has 140 valence electrons. The van der Waals surface area contributed by atoms with Gasteiger partial charge in [-0.25, -0.2) is 0 Å². The van der Waals surface area contributed by atoms with Crippen molar-refractivity contribution in [3.8, 4) is 0 Å². The number of amides is 1. The molecule has 2 atom stereocenters. The van der Waals surface area contributed by atoms with Gasteiger partial charge in [-0.3, -0.25) is 4.79 Å². The maximum atomic E-state index is 12.5. The Morgan fingerprint density at radius 2 is 2.08 bits per heavy atom. The predicted molar refractivity (Wildman–Crippen MR) is 100 cm³/mol. The van der Waals surface area contributed by atoms with Gasteiger partial charge in [-0.15, -0.1) is 12.4 Å². The number of nitrogens with one attached hydrogen (secondary N) is 1. The van der Waals surface area contributed by atoms with Crippen molar-refractivity contribution < 1.29 is 14.3 Å². The predicted octanol–water partition coefficient (Wildman–Crippen LogP) is 2.43. The summed E-state index contributed by atoms with van der Waals surface area (Å²) in [5.41, 5.74) is 6.64. The van der Waals surface area contributed by atoms with Crippen LogP contribution in [-0.2, 0) is 19.7 Å². The lowest BCUT2D eigenvalue weighted by atomic mass is 9.74. The highest BCUT2D eigenvalue weighted by Crippen LogP contribution is 2.35. The number of ether oxygens (including phenoxy) is 2. The summed E-state index contributed by atoms with van der Waals surface area (Å²) in [4.78, 5) is 12.5. The Balaban J connectivity index is 0.00000225. The third kappa shape index (κ3) is 4.86. The zero-order chi connectivity index (χ0) is 17.0. The molecule has 0 aromatic heterocycles. The highest BCUT2D eigenvalue weighted by Gasteiger charge is 2.37. The molecule has 0 saturated carbocycles. The van der Waals surface area contributed by atoms with Crippen molar-refractivity contribution in [2.75, 3.05) is 26.3 Å². The van der Waals surface area contributed by atoms with E-state index < -0.39 is 0 Å². The molecule has 25 heavy (non-hydrogen) atoms. The van der Waals surface area contributed by atoms with Crippen molar-refractivity contribution in [1.29, 1.82) is 0 Å². The van der Waals surface area contributed by atoms with Crippen molar-refractivity contribution in [3.63, 3.8) is 0 Å². The van der Waals surface area contributed by atoms with E-state index in [0.29, 0.717) is 26.3 Å². The molecule has 2 saturated heterocycles. The van der Waals surface area contributed by atoms with Crippen LogP contribution in [0.15, 0.2) is 24.3 Å². The van der Waals surface area contributed by atoms with E-state index in [9.17, 15) is 4.79 Å². The van der Waals surface area contributed by atoms with Crippen molar-refractivity contribution in [2.24, 2.45) is 5.73 Å². The first kappa shape index (κ1) is 20.5. The third-order valence-corrected chi connectivity index (χ3v) is 5.39.